The first-order valence-electron chi connectivity index (χ1n) is 6.95. The standard InChI is InChI=1S/C15H19ClN2O2S/c16-13-5-1-3-11(7-13)9-21-10-14(19)18-6-2-4-12(8-18)15(17)20/h1,3,5,7,12H,2,4,6,8-10H2,(H2,17,20). The summed E-state index contributed by atoms with van der Waals surface area (Å²) in [6.07, 6.45) is 1.63. The van der Waals surface area contributed by atoms with Crippen molar-refractivity contribution in [3.05, 3.63) is 34.9 Å². The molecule has 1 aromatic rings. The summed E-state index contributed by atoms with van der Waals surface area (Å²) >= 11 is 7.49. The number of nitrogens with two attached hydrogens (primary N) is 1. The highest BCUT2D eigenvalue weighted by molar-refractivity contribution is 7.99. The smallest absolute Gasteiger partial charge is 0.232 e. The maximum atomic E-state index is 12.2. The molecule has 0 aromatic heterocycles. The molecule has 2 rings (SSSR count). The lowest BCUT2D eigenvalue weighted by Crippen LogP contribution is -2.44. The number of halogens is 1. The average Bonchev–Trinajstić information content (AvgIpc) is 2.47. The molecule has 1 aromatic carbocycles. The van der Waals surface area contributed by atoms with Gasteiger partial charge in [0.05, 0.1) is 11.7 Å². The van der Waals surface area contributed by atoms with Gasteiger partial charge in [-0.15, -0.1) is 11.8 Å². The summed E-state index contributed by atoms with van der Waals surface area (Å²) in [5.74, 6) is 0.741. The minimum atomic E-state index is -0.306. The van der Waals surface area contributed by atoms with Crippen LogP contribution in [0.2, 0.25) is 5.02 Å². The second-order valence-electron chi connectivity index (χ2n) is 5.20. The molecule has 2 amide bonds. The summed E-state index contributed by atoms with van der Waals surface area (Å²) in [6.45, 7) is 1.19. The molecule has 21 heavy (non-hydrogen) atoms. The molecule has 0 aliphatic carbocycles. The summed E-state index contributed by atoms with van der Waals surface area (Å²) in [5.41, 5.74) is 6.43. The molecule has 2 N–H and O–H groups in total. The number of benzene rings is 1. The number of hydrogen-bond donors (Lipinski definition) is 1. The fraction of sp³-hybridized carbons (Fsp3) is 0.467. The van der Waals surface area contributed by atoms with Gasteiger partial charge in [-0.25, -0.2) is 0 Å². The summed E-state index contributed by atoms with van der Waals surface area (Å²) in [6, 6.07) is 7.64. The van der Waals surface area contributed by atoms with E-state index in [1.165, 1.54) is 0 Å². The van der Waals surface area contributed by atoms with Gasteiger partial charge in [-0.05, 0) is 30.5 Å². The summed E-state index contributed by atoms with van der Waals surface area (Å²) < 4.78 is 0. The Bertz CT molecular complexity index is 524. The van der Waals surface area contributed by atoms with Crippen molar-refractivity contribution in [1.29, 1.82) is 0 Å². The van der Waals surface area contributed by atoms with Crippen LogP contribution in [0, 0.1) is 5.92 Å². The minimum absolute atomic E-state index is 0.0768. The summed E-state index contributed by atoms with van der Waals surface area (Å²) in [7, 11) is 0. The third-order valence-electron chi connectivity index (χ3n) is 3.56. The van der Waals surface area contributed by atoms with E-state index in [-0.39, 0.29) is 17.7 Å². The molecule has 114 valence electrons. The van der Waals surface area contributed by atoms with Crippen LogP contribution >= 0.6 is 23.4 Å². The maximum absolute atomic E-state index is 12.2. The lowest BCUT2D eigenvalue weighted by atomic mass is 9.97. The largest absolute Gasteiger partial charge is 0.369 e. The normalized spacial score (nSPS) is 18.5. The van der Waals surface area contributed by atoms with Gasteiger partial charge in [-0.2, -0.15) is 0 Å². The van der Waals surface area contributed by atoms with E-state index in [1.54, 1.807) is 16.7 Å². The first kappa shape index (κ1) is 16.2. The first-order valence-corrected chi connectivity index (χ1v) is 8.49. The Kier molecular flexibility index (Phi) is 5.94. The van der Waals surface area contributed by atoms with Gasteiger partial charge in [-0.1, -0.05) is 23.7 Å². The number of nitrogens with zero attached hydrogens (tertiary/aromatic N) is 1. The molecular formula is C15H19ClN2O2S. The highest BCUT2D eigenvalue weighted by atomic mass is 35.5. The summed E-state index contributed by atoms with van der Waals surface area (Å²) in [4.78, 5) is 25.1. The molecular weight excluding hydrogens is 308 g/mol. The molecule has 0 radical (unpaired) electrons. The van der Waals surface area contributed by atoms with Crippen LogP contribution < -0.4 is 5.73 Å². The van der Waals surface area contributed by atoms with Crippen molar-refractivity contribution in [3.8, 4) is 0 Å². The predicted octanol–water partition coefficient (Wildman–Crippen LogP) is 2.30. The van der Waals surface area contributed by atoms with Gasteiger partial charge in [-0.3, -0.25) is 9.59 Å². The molecule has 1 atom stereocenters. The molecule has 1 aliphatic heterocycles. The molecule has 1 aliphatic rings. The number of carbonyl (C=O) groups excluding carboxylic acids is 2. The van der Waals surface area contributed by atoms with Crippen molar-refractivity contribution in [2.24, 2.45) is 11.7 Å². The number of primary amides is 1. The monoisotopic (exact) mass is 326 g/mol. The Morgan fingerprint density at radius 1 is 1.43 bits per heavy atom. The predicted molar refractivity (Wildman–Crippen MR) is 86.1 cm³/mol. The zero-order chi connectivity index (χ0) is 15.2. The molecule has 0 saturated carbocycles. The number of carbonyl (C=O) groups is 2. The van der Waals surface area contributed by atoms with E-state index in [9.17, 15) is 9.59 Å². The van der Waals surface area contributed by atoms with E-state index in [1.807, 2.05) is 24.3 Å². The Balaban J connectivity index is 1.78. The van der Waals surface area contributed by atoms with Gasteiger partial charge >= 0.3 is 0 Å². The van der Waals surface area contributed by atoms with Gasteiger partial charge < -0.3 is 10.6 Å². The second-order valence-corrected chi connectivity index (χ2v) is 6.63. The molecule has 6 heteroatoms. The molecule has 0 spiro atoms. The van der Waals surface area contributed by atoms with Gasteiger partial charge in [0.2, 0.25) is 11.8 Å². The van der Waals surface area contributed by atoms with Crippen molar-refractivity contribution in [2.75, 3.05) is 18.8 Å². The quantitative estimate of drug-likeness (QED) is 0.903. The molecule has 4 nitrogen and oxygen atoms in total. The molecule has 0 bridgehead atoms. The van der Waals surface area contributed by atoms with Crippen molar-refractivity contribution >= 4 is 35.2 Å². The van der Waals surface area contributed by atoms with E-state index >= 15 is 0 Å². The van der Waals surface area contributed by atoms with Crippen molar-refractivity contribution in [3.63, 3.8) is 0 Å². The van der Waals surface area contributed by atoms with Crippen LogP contribution in [-0.4, -0.2) is 35.6 Å². The average molecular weight is 327 g/mol. The first-order chi connectivity index (χ1) is 10.1. The minimum Gasteiger partial charge on any atom is -0.369 e. The highest BCUT2D eigenvalue weighted by Crippen LogP contribution is 2.19. The van der Waals surface area contributed by atoms with Crippen LogP contribution in [0.4, 0.5) is 0 Å². The van der Waals surface area contributed by atoms with Gasteiger partial charge in [0, 0.05) is 23.9 Å². The fourth-order valence-corrected chi connectivity index (χ4v) is 3.50. The Morgan fingerprint density at radius 3 is 2.95 bits per heavy atom. The van der Waals surface area contributed by atoms with Crippen LogP contribution in [0.1, 0.15) is 18.4 Å². The van der Waals surface area contributed by atoms with Crippen molar-refractivity contribution < 1.29 is 9.59 Å². The topological polar surface area (TPSA) is 63.4 Å². The number of rotatable bonds is 5. The Labute approximate surface area is 134 Å². The van der Waals surface area contributed by atoms with E-state index in [4.69, 9.17) is 17.3 Å². The van der Waals surface area contributed by atoms with Crippen LogP contribution in [0.25, 0.3) is 0 Å². The zero-order valence-electron chi connectivity index (χ0n) is 11.8. The number of hydrogen-bond acceptors (Lipinski definition) is 3. The molecule has 1 heterocycles. The van der Waals surface area contributed by atoms with Gasteiger partial charge in [0.1, 0.15) is 0 Å². The van der Waals surface area contributed by atoms with E-state index in [2.05, 4.69) is 0 Å². The lowest BCUT2D eigenvalue weighted by Gasteiger charge is -2.31. The van der Waals surface area contributed by atoms with Crippen LogP contribution in [0.3, 0.4) is 0 Å². The fourth-order valence-electron chi connectivity index (χ4n) is 2.41. The second kappa shape index (κ2) is 7.71. The van der Waals surface area contributed by atoms with E-state index in [0.29, 0.717) is 17.3 Å². The Hall–Kier alpha value is -1.20. The maximum Gasteiger partial charge on any atom is 0.232 e. The number of thioether (sulfide) groups is 1. The third kappa shape index (κ3) is 4.93. The third-order valence-corrected chi connectivity index (χ3v) is 4.78. The number of amides is 2. The van der Waals surface area contributed by atoms with Crippen LogP contribution in [0.15, 0.2) is 24.3 Å². The van der Waals surface area contributed by atoms with E-state index < -0.39 is 0 Å². The van der Waals surface area contributed by atoms with Crippen molar-refractivity contribution in [2.45, 2.75) is 18.6 Å². The summed E-state index contributed by atoms with van der Waals surface area (Å²) in [5, 5.41) is 0.708. The molecule has 1 unspecified atom stereocenters. The van der Waals surface area contributed by atoms with Gasteiger partial charge in [0.25, 0.3) is 0 Å². The number of piperidine rings is 1. The van der Waals surface area contributed by atoms with E-state index in [0.717, 1.165) is 30.7 Å². The zero-order valence-corrected chi connectivity index (χ0v) is 13.3. The van der Waals surface area contributed by atoms with Crippen LogP contribution in [-0.2, 0) is 15.3 Å². The molecule has 1 saturated heterocycles. The van der Waals surface area contributed by atoms with Crippen molar-refractivity contribution in [1.82, 2.24) is 4.90 Å². The number of likely N-dealkylation sites (tertiary alicyclic amines) is 1. The Morgan fingerprint density at radius 2 is 2.24 bits per heavy atom. The van der Waals surface area contributed by atoms with Gasteiger partial charge in [0.15, 0.2) is 0 Å². The molecule has 1 fully saturated rings. The lowest BCUT2D eigenvalue weighted by molar-refractivity contribution is -0.132. The SMILES string of the molecule is NC(=O)C1CCCN(C(=O)CSCc2cccc(Cl)c2)C1. The van der Waals surface area contributed by atoms with Crippen LogP contribution in [0.5, 0.6) is 0 Å². The highest BCUT2D eigenvalue weighted by Gasteiger charge is 2.26.